The molecule has 1 aromatic heterocycles. The van der Waals surface area contributed by atoms with E-state index in [1.165, 1.54) is 13.2 Å². The van der Waals surface area contributed by atoms with E-state index in [9.17, 15) is 18.7 Å². The van der Waals surface area contributed by atoms with Gasteiger partial charge in [0.05, 0.1) is 13.5 Å². The second kappa shape index (κ2) is 5.20. The largest absolute Gasteiger partial charge is 0.506 e. The fourth-order valence-electron chi connectivity index (χ4n) is 1.09. The molecule has 88 valence electrons. The molecule has 0 aliphatic carbocycles. The number of aromatic nitrogens is 1. The summed E-state index contributed by atoms with van der Waals surface area (Å²) in [5, 5.41) is 9.46. The molecule has 0 saturated heterocycles. The Morgan fingerprint density at radius 1 is 1.69 bits per heavy atom. The number of carbonyl (C=O) groups is 1. The molecule has 0 spiro atoms. The first-order chi connectivity index (χ1) is 7.45. The van der Waals surface area contributed by atoms with Gasteiger partial charge in [-0.1, -0.05) is 0 Å². The topological polar surface area (TPSA) is 59.4 Å². The maximum absolute atomic E-state index is 12.4. The lowest BCUT2D eigenvalue weighted by Crippen LogP contribution is -2.06. The van der Waals surface area contributed by atoms with E-state index in [0.29, 0.717) is 0 Å². The number of esters is 1. The maximum Gasteiger partial charge on any atom is 0.310 e. The van der Waals surface area contributed by atoms with Crippen LogP contribution < -0.4 is 0 Å². The van der Waals surface area contributed by atoms with Crippen molar-refractivity contribution >= 4 is 21.9 Å². The molecule has 0 atom stereocenters. The molecule has 1 N–H and O–H groups in total. The van der Waals surface area contributed by atoms with Crippen LogP contribution in [0.5, 0.6) is 5.75 Å². The number of alkyl halides is 2. The summed E-state index contributed by atoms with van der Waals surface area (Å²) in [6.45, 7) is 0. The number of carbonyl (C=O) groups excluding carboxylic acids is 1. The molecule has 1 heterocycles. The zero-order valence-electron chi connectivity index (χ0n) is 8.21. The van der Waals surface area contributed by atoms with E-state index in [1.807, 2.05) is 0 Å². The van der Waals surface area contributed by atoms with Gasteiger partial charge >= 0.3 is 5.97 Å². The molecule has 0 amide bonds. The molecule has 0 aliphatic rings. The normalized spacial score (nSPS) is 10.6. The molecule has 1 rings (SSSR count). The fraction of sp³-hybridized carbons (Fsp3) is 0.333. The lowest BCUT2D eigenvalue weighted by atomic mass is 10.1. The highest BCUT2D eigenvalue weighted by atomic mass is 79.9. The molecular formula is C9H8BrF2NO3. The summed E-state index contributed by atoms with van der Waals surface area (Å²) in [4.78, 5) is 14.4. The average molecular weight is 296 g/mol. The second-order valence-corrected chi connectivity index (χ2v) is 3.70. The Kier molecular flexibility index (Phi) is 4.17. The number of hydrogen-bond acceptors (Lipinski definition) is 4. The van der Waals surface area contributed by atoms with Crippen LogP contribution in [0.2, 0.25) is 0 Å². The van der Waals surface area contributed by atoms with Gasteiger partial charge in [-0.25, -0.2) is 13.8 Å². The van der Waals surface area contributed by atoms with Crippen molar-refractivity contribution in [1.82, 2.24) is 4.98 Å². The summed E-state index contributed by atoms with van der Waals surface area (Å²) in [5.74, 6) is -1.31. The van der Waals surface area contributed by atoms with E-state index in [4.69, 9.17) is 0 Å². The van der Waals surface area contributed by atoms with Crippen molar-refractivity contribution in [2.75, 3.05) is 7.11 Å². The Morgan fingerprint density at radius 3 is 2.81 bits per heavy atom. The summed E-state index contributed by atoms with van der Waals surface area (Å²) in [6.07, 6.45) is -3.20. The Bertz CT molecular complexity index is 412. The summed E-state index contributed by atoms with van der Waals surface area (Å²) in [6, 6.07) is 1.29. The Balaban J connectivity index is 3.14. The zero-order valence-corrected chi connectivity index (χ0v) is 9.79. The minimum atomic E-state index is -2.91. The van der Waals surface area contributed by atoms with E-state index in [2.05, 4.69) is 25.7 Å². The van der Waals surface area contributed by atoms with Crippen molar-refractivity contribution in [2.45, 2.75) is 12.8 Å². The standard InChI is InChI=1S/C9H8BrF2NO3/c1-16-6(14)3-4-2-5(10)13-7(8(4)15)9(11)12/h2,9,15H,3H2,1H3. The van der Waals surface area contributed by atoms with Gasteiger partial charge in [-0.15, -0.1) is 0 Å². The van der Waals surface area contributed by atoms with Gasteiger partial charge in [0.15, 0.2) is 0 Å². The predicted octanol–water partition coefficient (Wildman–Crippen LogP) is 2.20. The second-order valence-electron chi connectivity index (χ2n) is 2.89. The van der Waals surface area contributed by atoms with Gasteiger partial charge in [-0.05, 0) is 22.0 Å². The summed E-state index contributed by atoms with van der Waals surface area (Å²) in [5.41, 5.74) is -0.711. The van der Waals surface area contributed by atoms with Crippen LogP contribution in [0.4, 0.5) is 8.78 Å². The Hall–Kier alpha value is -1.24. The van der Waals surface area contributed by atoms with E-state index in [0.717, 1.165) is 0 Å². The van der Waals surface area contributed by atoms with Crippen LogP contribution in [0.3, 0.4) is 0 Å². The third-order valence-electron chi connectivity index (χ3n) is 1.84. The van der Waals surface area contributed by atoms with Gasteiger partial charge < -0.3 is 9.84 Å². The molecule has 0 bridgehead atoms. The monoisotopic (exact) mass is 295 g/mol. The number of halogens is 3. The highest BCUT2D eigenvalue weighted by Crippen LogP contribution is 2.31. The van der Waals surface area contributed by atoms with Crippen molar-refractivity contribution in [3.8, 4) is 5.75 Å². The molecule has 7 heteroatoms. The van der Waals surface area contributed by atoms with Crippen LogP contribution >= 0.6 is 15.9 Å². The SMILES string of the molecule is COC(=O)Cc1cc(Br)nc(C(F)F)c1O. The van der Waals surface area contributed by atoms with Crippen LogP contribution in [0.1, 0.15) is 17.7 Å². The minimum Gasteiger partial charge on any atom is -0.506 e. The highest BCUT2D eigenvalue weighted by molar-refractivity contribution is 9.10. The van der Waals surface area contributed by atoms with Crippen molar-refractivity contribution < 1.29 is 23.4 Å². The molecule has 4 nitrogen and oxygen atoms in total. The van der Waals surface area contributed by atoms with Crippen molar-refractivity contribution in [3.63, 3.8) is 0 Å². The minimum absolute atomic E-state index is 0.0454. The van der Waals surface area contributed by atoms with Crippen molar-refractivity contribution in [2.24, 2.45) is 0 Å². The van der Waals surface area contributed by atoms with Gasteiger partial charge in [0.1, 0.15) is 16.0 Å². The molecule has 0 radical (unpaired) electrons. The summed E-state index contributed by atoms with van der Waals surface area (Å²) < 4.78 is 29.4. The molecule has 0 unspecified atom stereocenters. The summed E-state index contributed by atoms with van der Waals surface area (Å²) in [7, 11) is 1.17. The van der Waals surface area contributed by atoms with Gasteiger partial charge in [0.25, 0.3) is 6.43 Å². The smallest absolute Gasteiger partial charge is 0.310 e. The van der Waals surface area contributed by atoms with E-state index in [1.54, 1.807) is 0 Å². The van der Waals surface area contributed by atoms with Gasteiger partial charge in [0, 0.05) is 5.56 Å². The highest BCUT2D eigenvalue weighted by Gasteiger charge is 2.20. The van der Waals surface area contributed by atoms with Gasteiger partial charge in [0.2, 0.25) is 0 Å². The van der Waals surface area contributed by atoms with Gasteiger partial charge in [-0.2, -0.15) is 0 Å². The molecule has 16 heavy (non-hydrogen) atoms. The number of methoxy groups -OCH3 is 1. The third-order valence-corrected chi connectivity index (χ3v) is 2.24. The van der Waals surface area contributed by atoms with E-state index >= 15 is 0 Å². The third kappa shape index (κ3) is 2.88. The lowest BCUT2D eigenvalue weighted by molar-refractivity contribution is -0.139. The summed E-state index contributed by atoms with van der Waals surface area (Å²) >= 11 is 2.92. The molecule has 1 aromatic rings. The molecule has 0 saturated carbocycles. The first-order valence-corrected chi connectivity index (χ1v) is 4.98. The van der Waals surface area contributed by atoms with Crippen LogP contribution in [-0.4, -0.2) is 23.2 Å². The van der Waals surface area contributed by atoms with Crippen LogP contribution in [0, 0.1) is 0 Å². The number of hydrogen-bond donors (Lipinski definition) is 1. The van der Waals surface area contributed by atoms with Crippen molar-refractivity contribution in [1.29, 1.82) is 0 Å². The van der Waals surface area contributed by atoms with Crippen molar-refractivity contribution in [3.05, 3.63) is 21.9 Å². The number of aromatic hydroxyl groups is 1. The first kappa shape index (κ1) is 12.8. The quantitative estimate of drug-likeness (QED) is 0.686. The number of ether oxygens (including phenoxy) is 1. The number of nitrogens with zero attached hydrogens (tertiary/aromatic N) is 1. The molecular weight excluding hydrogens is 288 g/mol. The Morgan fingerprint density at radius 2 is 2.31 bits per heavy atom. The van der Waals surface area contributed by atoms with Crippen LogP contribution in [-0.2, 0) is 16.0 Å². The average Bonchev–Trinajstić information content (AvgIpc) is 2.22. The van der Waals surface area contributed by atoms with Crippen LogP contribution in [0.25, 0.3) is 0 Å². The Labute approximate surface area is 98.4 Å². The molecule has 0 aliphatic heterocycles. The molecule has 0 fully saturated rings. The van der Waals surface area contributed by atoms with E-state index < -0.39 is 23.8 Å². The zero-order chi connectivity index (χ0) is 12.3. The first-order valence-electron chi connectivity index (χ1n) is 4.19. The van der Waals surface area contributed by atoms with E-state index in [-0.39, 0.29) is 16.6 Å². The maximum atomic E-state index is 12.4. The number of pyridine rings is 1. The fourth-order valence-corrected chi connectivity index (χ4v) is 1.56. The number of rotatable bonds is 3. The van der Waals surface area contributed by atoms with Gasteiger partial charge in [-0.3, -0.25) is 4.79 Å². The lowest BCUT2D eigenvalue weighted by Gasteiger charge is -2.08. The van der Waals surface area contributed by atoms with Crippen LogP contribution in [0.15, 0.2) is 10.7 Å². The predicted molar refractivity (Wildman–Crippen MR) is 54.3 cm³/mol. The molecule has 0 aromatic carbocycles.